The molecule has 0 fully saturated rings. The Hall–Kier alpha value is -3.99. The zero-order valence-corrected chi connectivity index (χ0v) is 23.8. The van der Waals surface area contributed by atoms with E-state index in [-0.39, 0.29) is 44.3 Å². The van der Waals surface area contributed by atoms with Crippen molar-refractivity contribution in [3.63, 3.8) is 0 Å². The Labute approximate surface area is 244 Å². The number of alkyl halides is 6. The van der Waals surface area contributed by atoms with Gasteiger partial charge in [0.15, 0.2) is 0 Å². The van der Waals surface area contributed by atoms with Crippen LogP contribution in [-0.4, -0.2) is 29.5 Å². The third kappa shape index (κ3) is 6.19. The summed E-state index contributed by atoms with van der Waals surface area (Å²) in [5.74, 6) is 0.670. The standard InChI is InChI=1S/C27H19F6N7.Pt/c1-16-14-17(2)25(18(3)15-16)40(23-8-4-6-21(34-23)38-12-10-19(36-38)26(28,29)30)24-9-5-7-22(35-24)39-13-11-20(37-39)27(31,32)33;/h4-11,14-15H,1-3H3;/q-2;+2. The fraction of sp³-hybridized carbons (Fsp3) is 0.185. The molecule has 0 spiro atoms. The van der Waals surface area contributed by atoms with E-state index in [2.05, 4.69) is 32.6 Å². The van der Waals surface area contributed by atoms with Crippen LogP contribution in [-0.2, 0) is 33.4 Å². The zero-order chi connectivity index (χ0) is 28.8. The molecule has 214 valence electrons. The fourth-order valence-electron chi connectivity index (χ4n) is 4.27. The molecule has 7 nitrogen and oxygen atoms in total. The normalized spacial score (nSPS) is 11.8. The quantitative estimate of drug-likeness (QED) is 0.145. The van der Waals surface area contributed by atoms with Crippen LogP contribution in [0.2, 0.25) is 0 Å². The number of aryl methyl sites for hydroxylation is 3. The molecule has 0 unspecified atom stereocenters. The van der Waals surface area contributed by atoms with Gasteiger partial charge in [0.2, 0.25) is 0 Å². The molecule has 1 aromatic carbocycles. The first kappa shape index (κ1) is 30.0. The smallest absolute Gasteiger partial charge is 0.343 e. The maximum atomic E-state index is 13.1. The van der Waals surface area contributed by atoms with Crippen LogP contribution in [0.25, 0.3) is 11.6 Å². The van der Waals surface area contributed by atoms with Crippen LogP contribution in [0.5, 0.6) is 0 Å². The molecule has 0 aliphatic heterocycles. The second-order valence-corrected chi connectivity index (χ2v) is 8.93. The summed E-state index contributed by atoms with van der Waals surface area (Å²) in [5, 5.41) is 7.10. The van der Waals surface area contributed by atoms with E-state index in [0.717, 1.165) is 38.2 Å². The van der Waals surface area contributed by atoms with Gasteiger partial charge in [0.1, 0.15) is 11.6 Å². The first-order valence-electron chi connectivity index (χ1n) is 11.7. The largest absolute Gasteiger partial charge is 2.00 e. The average Bonchev–Trinajstić information content (AvgIpc) is 3.57. The van der Waals surface area contributed by atoms with Crippen LogP contribution in [0, 0.1) is 33.2 Å². The maximum Gasteiger partial charge on any atom is 2.00 e. The molecule has 0 saturated heterocycles. The minimum Gasteiger partial charge on any atom is -0.343 e. The molecule has 41 heavy (non-hydrogen) atoms. The molecule has 0 aliphatic carbocycles. The average molecular weight is 751 g/mol. The number of benzene rings is 1. The van der Waals surface area contributed by atoms with Gasteiger partial charge in [-0.25, -0.2) is 0 Å². The van der Waals surface area contributed by atoms with Gasteiger partial charge in [-0.3, -0.25) is 25.1 Å². The van der Waals surface area contributed by atoms with Crippen LogP contribution in [0.3, 0.4) is 0 Å². The third-order valence-electron chi connectivity index (χ3n) is 5.83. The molecule has 0 amide bonds. The van der Waals surface area contributed by atoms with Crippen LogP contribution < -0.4 is 4.90 Å². The van der Waals surface area contributed by atoms with Gasteiger partial charge in [0, 0.05) is 0 Å². The minimum absolute atomic E-state index is 0. The van der Waals surface area contributed by atoms with E-state index in [0.29, 0.717) is 5.69 Å². The molecular weight excluding hydrogens is 731 g/mol. The van der Waals surface area contributed by atoms with E-state index in [1.54, 1.807) is 29.2 Å². The van der Waals surface area contributed by atoms with Crippen LogP contribution in [0.1, 0.15) is 28.1 Å². The van der Waals surface area contributed by atoms with Crippen molar-refractivity contribution >= 4 is 17.3 Å². The van der Waals surface area contributed by atoms with Crippen molar-refractivity contribution in [2.75, 3.05) is 4.90 Å². The molecule has 0 N–H and O–H groups in total. The van der Waals surface area contributed by atoms with Gasteiger partial charge in [0.05, 0.1) is 28.7 Å². The van der Waals surface area contributed by atoms with E-state index in [4.69, 9.17) is 0 Å². The van der Waals surface area contributed by atoms with Crippen LogP contribution in [0.4, 0.5) is 43.7 Å². The molecule has 0 bridgehead atoms. The summed E-state index contributed by atoms with van der Waals surface area (Å²) in [5.41, 5.74) is 1.12. The Morgan fingerprint density at radius 1 is 0.683 bits per heavy atom. The monoisotopic (exact) mass is 750 g/mol. The molecule has 0 saturated carbocycles. The van der Waals surface area contributed by atoms with Gasteiger partial charge < -0.3 is 9.36 Å². The Kier molecular flexibility index (Phi) is 8.13. The maximum absolute atomic E-state index is 13.1. The Bertz CT molecular complexity index is 1570. The summed E-state index contributed by atoms with van der Waals surface area (Å²) in [7, 11) is 0. The summed E-state index contributed by atoms with van der Waals surface area (Å²) < 4.78 is 80.5. The SMILES string of the molecule is Cc1cc(C)c(N(c2cccc(-n3[c-]cc(C(F)(F)F)n3)n2)c2cccc(-n3[c-]cc(C(F)(F)F)n3)n2)c(C)c1.[Pt+2]. The van der Waals surface area contributed by atoms with Crippen molar-refractivity contribution in [2.45, 2.75) is 33.1 Å². The minimum atomic E-state index is -4.65. The Morgan fingerprint density at radius 2 is 1.10 bits per heavy atom. The van der Waals surface area contributed by atoms with E-state index in [1.807, 2.05) is 32.9 Å². The number of nitrogens with zero attached hydrogens (tertiary/aromatic N) is 7. The number of hydrogen-bond donors (Lipinski definition) is 0. The topological polar surface area (TPSA) is 64.7 Å². The predicted octanol–water partition coefficient (Wildman–Crippen LogP) is 6.88. The van der Waals surface area contributed by atoms with Crippen molar-refractivity contribution in [1.29, 1.82) is 0 Å². The van der Waals surface area contributed by atoms with Crippen LogP contribution >= 0.6 is 0 Å². The Morgan fingerprint density at radius 3 is 1.46 bits per heavy atom. The number of anilines is 3. The number of halogens is 6. The molecular formula is C27H19F6N7Pt. The number of rotatable bonds is 5. The van der Waals surface area contributed by atoms with Crippen molar-refractivity contribution in [2.24, 2.45) is 0 Å². The molecule has 14 heteroatoms. The van der Waals surface area contributed by atoms with E-state index in [1.165, 1.54) is 12.1 Å². The first-order chi connectivity index (χ1) is 18.8. The van der Waals surface area contributed by atoms with Crippen molar-refractivity contribution in [1.82, 2.24) is 29.5 Å². The molecule has 4 heterocycles. The summed E-state index contributed by atoms with van der Waals surface area (Å²) in [6.07, 6.45) is -4.44. The molecule has 0 aliphatic rings. The second kappa shape index (κ2) is 11.1. The Balaban J connectivity index is 0.00000387. The fourth-order valence-corrected chi connectivity index (χ4v) is 4.27. The summed E-state index contributed by atoms with van der Waals surface area (Å²) >= 11 is 0. The number of hydrogen-bond acceptors (Lipinski definition) is 5. The first-order valence-corrected chi connectivity index (χ1v) is 11.7. The predicted molar refractivity (Wildman–Crippen MR) is 133 cm³/mol. The van der Waals surface area contributed by atoms with Gasteiger partial charge in [-0.05, 0) is 44.0 Å². The number of aromatic nitrogens is 6. The molecule has 5 aromatic rings. The van der Waals surface area contributed by atoms with E-state index >= 15 is 0 Å². The van der Waals surface area contributed by atoms with Gasteiger partial charge >= 0.3 is 33.4 Å². The molecule has 0 atom stereocenters. The van der Waals surface area contributed by atoms with E-state index < -0.39 is 23.7 Å². The van der Waals surface area contributed by atoms with Crippen LogP contribution in [0.15, 0.2) is 60.7 Å². The molecule has 0 radical (unpaired) electrons. The molecule has 5 rings (SSSR count). The summed E-state index contributed by atoms with van der Waals surface area (Å²) in [6, 6.07) is 14.7. The van der Waals surface area contributed by atoms with Gasteiger partial charge in [0.25, 0.3) is 0 Å². The molecule has 4 aromatic heterocycles. The van der Waals surface area contributed by atoms with E-state index in [9.17, 15) is 26.3 Å². The zero-order valence-electron chi connectivity index (χ0n) is 21.5. The third-order valence-corrected chi connectivity index (χ3v) is 5.83. The summed E-state index contributed by atoms with van der Waals surface area (Å²) in [6.45, 7) is 5.69. The number of pyridine rings is 2. The second-order valence-electron chi connectivity index (χ2n) is 8.93. The summed E-state index contributed by atoms with van der Waals surface area (Å²) in [4.78, 5) is 10.8. The van der Waals surface area contributed by atoms with Gasteiger partial charge in [-0.15, -0.1) is 12.1 Å². The van der Waals surface area contributed by atoms with Gasteiger partial charge in [-0.2, -0.15) is 26.3 Å². The van der Waals surface area contributed by atoms with Crippen molar-refractivity contribution in [3.05, 3.63) is 101 Å². The van der Waals surface area contributed by atoms with Crippen molar-refractivity contribution in [3.8, 4) is 11.6 Å². The van der Waals surface area contributed by atoms with Crippen molar-refractivity contribution < 1.29 is 47.4 Å². The van der Waals surface area contributed by atoms with Gasteiger partial charge in [-0.1, -0.05) is 54.4 Å².